The normalized spacial score (nSPS) is 24.0. The van der Waals surface area contributed by atoms with Gasteiger partial charge in [0.05, 0.1) is 6.61 Å². The lowest BCUT2D eigenvalue weighted by Gasteiger charge is -2.08. The Morgan fingerprint density at radius 2 is 1.42 bits per heavy atom. The summed E-state index contributed by atoms with van der Waals surface area (Å²) >= 11 is 0. The molecule has 1 heterocycles. The molecule has 12 heavy (non-hydrogen) atoms. The largest absolute Gasteiger partial charge is 0.380 e. The van der Waals surface area contributed by atoms with Gasteiger partial charge in [-0.1, -0.05) is 25.7 Å². The highest BCUT2D eigenvalue weighted by atomic mass is 16.5. The molecule has 0 aromatic heterocycles. The van der Waals surface area contributed by atoms with Crippen LogP contribution in [0.2, 0.25) is 0 Å². The first-order chi connectivity index (χ1) is 6.00. The fourth-order valence-corrected chi connectivity index (χ4v) is 1.53. The van der Waals surface area contributed by atoms with Gasteiger partial charge in [0.15, 0.2) is 0 Å². The monoisotopic (exact) mass is 171 g/mol. The standard InChI is InChI=1S/C10H21NO/c1-2-4-6-9-12-10-8-11-7-5-3-1/h11H,1-10H2. The molecular weight excluding hydrogens is 150 g/mol. The lowest BCUT2D eigenvalue weighted by Crippen LogP contribution is -2.21. The van der Waals surface area contributed by atoms with Gasteiger partial charge in [-0.2, -0.15) is 0 Å². The van der Waals surface area contributed by atoms with Crippen molar-refractivity contribution in [1.82, 2.24) is 5.32 Å². The van der Waals surface area contributed by atoms with Crippen molar-refractivity contribution in [3.8, 4) is 0 Å². The third kappa shape index (κ3) is 5.56. The molecule has 1 rings (SSSR count). The van der Waals surface area contributed by atoms with E-state index < -0.39 is 0 Å². The summed E-state index contributed by atoms with van der Waals surface area (Å²) in [5, 5.41) is 3.38. The maximum Gasteiger partial charge on any atom is 0.0590 e. The van der Waals surface area contributed by atoms with Gasteiger partial charge in [-0.05, 0) is 19.4 Å². The first-order valence-corrected chi connectivity index (χ1v) is 5.28. The highest BCUT2D eigenvalue weighted by Gasteiger charge is 1.94. The average Bonchev–Trinajstić information content (AvgIpc) is 2.05. The maximum atomic E-state index is 5.44. The van der Waals surface area contributed by atoms with E-state index in [0.29, 0.717) is 0 Å². The predicted octanol–water partition coefficient (Wildman–Crippen LogP) is 1.95. The molecule has 1 aliphatic heterocycles. The zero-order valence-electron chi connectivity index (χ0n) is 7.98. The van der Waals surface area contributed by atoms with E-state index in [0.717, 1.165) is 19.8 Å². The number of nitrogens with one attached hydrogen (secondary N) is 1. The molecule has 0 radical (unpaired) electrons. The second-order valence-corrected chi connectivity index (χ2v) is 3.48. The fourth-order valence-electron chi connectivity index (χ4n) is 1.53. The fraction of sp³-hybridized carbons (Fsp3) is 1.00. The van der Waals surface area contributed by atoms with Crippen molar-refractivity contribution >= 4 is 0 Å². The van der Waals surface area contributed by atoms with E-state index in [4.69, 9.17) is 4.74 Å². The Kier molecular flexibility index (Phi) is 6.30. The van der Waals surface area contributed by atoms with Crippen LogP contribution in [0.4, 0.5) is 0 Å². The van der Waals surface area contributed by atoms with Crippen LogP contribution in [0.1, 0.15) is 38.5 Å². The van der Waals surface area contributed by atoms with E-state index in [1.807, 2.05) is 0 Å². The first-order valence-electron chi connectivity index (χ1n) is 5.28. The Hall–Kier alpha value is -0.0800. The topological polar surface area (TPSA) is 21.3 Å². The molecule has 1 saturated heterocycles. The second kappa shape index (κ2) is 7.56. The van der Waals surface area contributed by atoms with Gasteiger partial charge in [-0.15, -0.1) is 0 Å². The summed E-state index contributed by atoms with van der Waals surface area (Å²) in [5.41, 5.74) is 0. The summed E-state index contributed by atoms with van der Waals surface area (Å²) in [5.74, 6) is 0. The Bertz CT molecular complexity index is 52.8. The minimum Gasteiger partial charge on any atom is -0.380 e. The highest BCUT2D eigenvalue weighted by molar-refractivity contribution is 4.51. The van der Waals surface area contributed by atoms with Crippen molar-refractivity contribution in [2.75, 3.05) is 26.3 Å². The molecule has 0 unspecified atom stereocenters. The smallest absolute Gasteiger partial charge is 0.0590 e. The summed E-state index contributed by atoms with van der Waals surface area (Å²) in [4.78, 5) is 0. The number of ether oxygens (including phenoxy) is 1. The van der Waals surface area contributed by atoms with Crippen LogP contribution in [-0.4, -0.2) is 26.3 Å². The lowest BCUT2D eigenvalue weighted by molar-refractivity contribution is 0.131. The van der Waals surface area contributed by atoms with Crippen molar-refractivity contribution in [2.24, 2.45) is 0 Å². The van der Waals surface area contributed by atoms with Gasteiger partial charge in [0.25, 0.3) is 0 Å². The van der Waals surface area contributed by atoms with E-state index in [-0.39, 0.29) is 0 Å². The van der Waals surface area contributed by atoms with Crippen LogP contribution < -0.4 is 5.32 Å². The SMILES string of the molecule is C1CCCCOCCNCCC1. The van der Waals surface area contributed by atoms with Gasteiger partial charge in [-0.25, -0.2) is 0 Å². The third-order valence-electron chi connectivity index (χ3n) is 2.32. The summed E-state index contributed by atoms with van der Waals surface area (Å²) in [6, 6.07) is 0. The molecule has 1 aliphatic rings. The molecule has 72 valence electrons. The van der Waals surface area contributed by atoms with Crippen LogP contribution in [0.3, 0.4) is 0 Å². The Morgan fingerprint density at radius 3 is 2.33 bits per heavy atom. The number of hydrogen-bond acceptors (Lipinski definition) is 2. The molecule has 0 aromatic carbocycles. The molecule has 0 amide bonds. The van der Waals surface area contributed by atoms with Gasteiger partial charge in [0.2, 0.25) is 0 Å². The minimum atomic E-state index is 0.889. The quantitative estimate of drug-likeness (QED) is 0.601. The van der Waals surface area contributed by atoms with Crippen LogP contribution in [0, 0.1) is 0 Å². The molecule has 0 spiro atoms. The van der Waals surface area contributed by atoms with Gasteiger partial charge < -0.3 is 10.1 Å². The van der Waals surface area contributed by atoms with Crippen molar-refractivity contribution < 1.29 is 4.74 Å². The van der Waals surface area contributed by atoms with E-state index in [9.17, 15) is 0 Å². The Labute approximate surface area is 75.7 Å². The van der Waals surface area contributed by atoms with Crippen molar-refractivity contribution in [1.29, 1.82) is 0 Å². The molecule has 2 heteroatoms. The number of hydrogen-bond donors (Lipinski definition) is 1. The molecule has 1 fully saturated rings. The summed E-state index contributed by atoms with van der Waals surface area (Å²) in [6.07, 6.45) is 8.13. The minimum absolute atomic E-state index is 0.889. The molecule has 0 saturated carbocycles. The van der Waals surface area contributed by atoms with Crippen molar-refractivity contribution in [3.63, 3.8) is 0 Å². The number of rotatable bonds is 0. The molecule has 0 aliphatic carbocycles. The van der Waals surface area contributed by atoms with Crippen molar-refractivity contribution in [3.05, 3.63) is 0 Å². The zero-order chi connectivity index (χ0) is 8.49. The Balaban J connectivity index is 2.00. The molecule has 1 N–H and O–H groups in total. The van der Waals surface area contributed by atoms with E-state index in [2.05, 4.69) is 5.32 Å². The van der Waals surface area contributed by atoms with Crippen LogP contribution in [0.15, 0.2) is 0 Å². The molecular formula is C10H21NO. The van der Waals surface area contributed by atoms with Crippen LogP contribution >= 0.6 is 0 Å². The summed E-state index contributed by atoms with van der Waals surface area (Å²) in [7, 11) is 0. The van der Waals surface area contributed by atoms with E-state index in [1.54, 1.807) is 0 Å². The van der Waals surface area contributed by atoms with Crippen LogP contribution in [0.5, 0.6) is 0 Å². The van der Waals surface area contributed by atoms with Gasteiger partial charge in [0.1, 0.15) is 0 Å². The Morgan fingerprint density at radius 1 is 0.667 bits per heavy atom. The van der Waals surface area contributed by atoms with E-state index in [1.165, 1.54) is 45.1 Å². The molecule has 2 nitrogen and oxygen atoms in total. The lowest BCUT2D eigenvalue weighted by atomic mass is 10.1. The van der Waals surface area contributed by atoms with Gasteiger partial charge in [-0.3, -0.25) is 0 Å². The van der Waals surface area contributed by atoms with Crippen molar-refractivity contribution in [2.45, 2.75) is 38.5 Å². The van der Waals surface area contributed by atoms with Crippen LogP contribution in [0.25, 0.3) is 0 Å². The predicted molar refractivity (Wildman–Crippen MR) is 51.4 cm³/mol. The maximum absolute atomic E-state index is 5.44. The second-order valence-electron chi connectivity index (χ2n) is 3.48. The third-order valence-corrected chi connectivity index (χ3v) is 2.32. The summed E-state index contributed by atoms with van der Waals surface area (Å²) < 4.78 is 5.44. The molecule has 0 bridgehead atoms. The first kappa shape index (κ1) is 10.0. The molecule has 0 aromatic rings. The van der Waals surface area contributed by atoms with E-state index >= 15 is 0 Å². The summed E-state index contributed by atoms with van der Waals surface area (Å²) in [6.45, 7) is 4.05. The van der Waals surface area contributed by atoms with Gasteiger partial charge >= 0.3 is 0 Å². The highest BCUT2D eigenvalue weighted by Crippen LogP contribution is 2.05. The zero-order valence-corrected chi connectivity index (χ0v) is 7.98. The van der Waals surface area contributed by atoms with Crippen LogP contribution in [-0.2, 0) is 4.74 Å². The molecule has 0 atom stereocenters. The average molecular weight is 171 g/mol. The van der Waals surface area contributed by atoms with Gasteiger partial charge in [0, 0.05) is 13.2 Å².